The molecule has 48 heavy (non-hydrogen) atoms. The summed E-state index contributed by atoms with van der Waals surface area (Å²) in [7, 11) is 0. The fourth-order valence-corrected chi connectivity index (χ4v) is 7.90. The van der Waals surface area contributed by atoms with Crippen molar-refractivity contribution in [2.24, 2.45) is 0 Å². The summed E-state index contributed by atoms with van der Waals surface area (Å²) >= 11 is 0. The van der Waals surface area contributed by atoms with Crippen LogP contribution in [0.15, 0.2) is 182 Å². The summed E-state index contributed by atoms with van der Waals surface area (Å²) in [6, 6.07) is 67.0. The zero-order valence-electron chi connectivity index (χ0n) is 26.3. The molecule has 0 aliphatic carbocycles. The Kier molecular flexibility index (Phi) is 5.98. The van der Waals surface area contributed by atoms with Gasteiger partial charge in [0.25, 0.3) is 0 Å². The molecule has 222 valence electrons. The fraction of sp³-hybridized carbons (Fsp3) is 0. The summed E-state index contributed by atoms with van der Waals surface area (Å²) in [5.41, 5.74) is 7.44. The van der Waals surface area contributed by atoms with E-state index >= 15 is 0 Å². The Labute approximate surface area is 279 Å². The maximum absolute atomic E-state index is 2.30. The Hall–Kier alpha value is -6.24. The van der Waals surface area contributed by atoms with Crippen LogP contribution in [0.2, 0.25) is 0 Å². The van der Waals surface area contributed by atoms with Gasteiger partial charge < -0.3 is 0 Å². The molecule has 10 aromatic rings. The van der Waals surface area contributed by atoms with Gasteiger partial charge in [-0.1, -0.05) is 182 Å². The fourth-order valence-electron chi connectivity index (χ4n) is 7.90. The monoisotopic (exact) mass is 606 g/mol. The highest BCUT2D eigenvalue weighted by Gasteiger charge is 2.11. The van der Waals surface area contributed by atoms with E-state index < -0.39 is 0 Å². The maximum atomic E-state index is 2.30. The maximum Gasteiger partial charge on any atom is -0.00987 e. The SMILES string of the molecule is c1ccc2c(c1)ccc1c3cccc(-c4ccc(-c5ccc(-c6cccc7c6ccc6c8ccccc8ccc76)cc5)cc4)c3ccc21. The molecule has 0 saturated carbocycles. The second-order valence-corrected chi connectivity index (χ2v) is 12.9. The molecule has 0 spiro atoms. The van der Waals surface area contributed by atoms with Crippen molar-refractivity contribution in [2.75, 3.05) is 0 Å². The van der Waals surface area contributed by atoms with Crippen LogP contribution in [-0.4, -0.2) is 0 Å². The van der Waals surface area contributed by atoms with E-state index in [9.17, 15) is 0 Å². The van der Waals surface area contributed by atoms with Crippen molar-refractivity contribution in [1.82, 2.24) is 0 Å². The zero-order valence-corrected chi connectivity index (χ0v) is 26.3. The van der Waals surface area contributed by atoms with Gasteiger partial charge >= 0.3 is 0 Å². The lowest BCUT2D eigenvalue weighted by atomic mass is 9.91. The third-order valence-electron chi connectivity index (χ3n) is 10.3. The molecule has 0 nitrogen and oxygen atoms in total. The van der Waals surface area contributed by atoms with Crippen molar-refractivity contribution in [2.45, 2.75) is 0 Å². The van der Waals surface area contributed by atoms with Gasteiger partial charge in [0.2, 0.25) is 0 Å². The summed E-state index contributed by atoms with van der Waals surface area (Å²) in [5.74, 6) is 0. The van der Waals surface area contributed by atoms with E-state index in [1.165, 1.54) is 98.0 Å². The van der Waals surface area contributed by atoms with E-state index in [2.05, 4.69) is 182 Å². The van der Waals surface area contributed by atoms with Crippen molar-refractivity contribution in [1.29, 1.82) is 0 Å². The van der Waals surface area contributed by atoms with Crippen LogP contribution in [0.1, 0.15) is 0 Å². The molecule has 0 bridgehead atoms. The molecule has 0 aromatic heterocycles. The smallest absolute Gasteiger partial charge is 0.00987 e. The lowest BCUT2D eigenvalue weighted by Gasteiger charge is -2.13. The first-order chi connectivity index (χ1) is 23.8. The molecule has 0 N–H and O–H groups in total. The molecule has 0 unspecified atom stereocenters. The molecular weight excluding hydrogens is 577 g/mol. The van der Waals surface area contributed by atoms with Gasteiger partial charge in [-0.05, 0) is 98.0 Å². The van der Waals surface area contributed by atoms with Gasteiger partial charge in [-0.25, -0.2) is 0 Å². The first-order valence-corrected chi connectivity index (χ1v) is 16.7. The predicted octanol–water partition coefficient (Wildman–Crippen LogP) is 13.6. The number of rotatable bonds is 3. The quantitative estimate of drug-likeness (QED) is 0.176. The Bertz CT molecular complexity index is 2660. The number of hydrogen-bond donors (Lipinski definition) is 0. The Morgan fingerprint density at radius 2 is 0.479 bits per heavy atom. The first-order valence-electron chi connectivity index (χ1n) is 16.7. The molecule has 0 radical (unpaired) electrons. The minimum atomic E-state index is 1.22. The number of hydrogen-bond acceptors (Lipinski definition) is 0. The predicted molar refractivity (Wildman–Crippen MR) is 208 cm³/mol. The second kappa shape index (κ2) is 10.7. The van der Waals surface area contributed by atoms with Crippen molar-refractivity contribution >= 4 is 64.6 Å². The van der Waals surface area contributed by atoms with Crippen LogP contribution in [0, 0.1) is 0 Å². The summed E-state index contributed by atoms with van der Waals surface area (Å²) in [6.07, 6.45) is 0. The summed E-state index contributed by atoms with van der Waals surface area (Å²) in [5, 5.41) is 15.6. The molecule has 0 heteroatoms. The highest BCUT2D eigenvalue weighted by Crippen LogP contribution is 2.38. The highest BCUT2D eigenvalue weighted by molar-refractivity contribution is 6.20. The lowest BCUT2D eigenvalue weighted by molar-refractivity contribution is 1.60. The summed E-state index contributed by atoms with van der Waals surface area (Å²) in [4.78, 5) is 0. The van der Waals surface area contributed by atoms with E-state index in [0.29, 0.717) is 0 Å². The molecule has 0 aliphatic rings. The highest BCUT2D eigenvalue weighted by atomic mass is 14.2. The van der Waals surface area contributed by atoms with Crippen molar-refractivity contribution in [3.8, 4) is 33.4 Å². The van der Waals surface area contributed by atoms with E-state index in [-0.39, 0.29) is 0 Å². The molecule has 10 aromatic carbocycles. The van der Waals surface area contributed by atoms with E-state index in [4.69, 9.17) is 0 Å². The largest absolute Gasteiger partial charge is 0.0616 e. The van der Waals surface area contributed by atoms with E-state index in [1.54, 1.807) is 0 Å². The first kappa shape index (κ1) is 26.9. The standard InChI is InChI=1S/C48H30/c1-3-9-37-33(7-1)23-25-47-41-13-5-11-39(43(41)27-29-45(37)47)35-19-15-31(16-20-35)32-17-21-36(22-18-32)40-12-6-14-42-44(40)28-30-46-38-10-4-2-8-34(38)24-26-48(42)46/h1-30H. The Morgan fingerprint density at radius 3 is 0.938 bits per heavy atom. The normalized spacial score (nSPS) is 11.8. The zero-order chi connectivity index (χ0) is 31.6. The van der Waals surface area contributed by atoms with Crippen molar-refractivity contribution in [3.05, 3.63) is 182 Å². The number of benzene rings is 10. The Balaban J connectivity index is 0.993. The number of fused-ring (bicyclic) bond motifs is 10. The van der Waals surface area contributed by atoms with Crippen LogP contribution in [0.4, 0.5) is 0 Å². The van der Waals surface area contributed by atoms with Crippen LogP contribution >= 0.6 is 0 Å². The van der Waals surface area contributed by atoms with E-state index in [1.807, 2.05) is 0 Å². The summed E-state index contributed by atoms with van der Waals surface area (Å²) < 4.78 is 0. The molecule has 0 heterocycles. The van der Waals surface area contributed by atoms with Crippen LogP contribution < -0.4 is 0 Å². The lowest BCUT2D eigenvalue weighted by Crippen LogP contribution is -1.86. The van der Waals surface area contributed by atoms with Crippen LogP contribution in [0.25, 0.3) is 98.0 Å². The Morgan fingerprint density at radius 1 is 0.167 bits per heavy atom. The van der Waals surface area contributed by atoms with Crippen LogP contribution in [-0.2, 0) is 0 Å². The minimum absolute atomic E-state index is 1.22. The van der Waals surface area contributed by atoms with Gasteiger partial charge in [-0.2, -0.15) is 0 Å². The average molecular weight is 607 g/mol. The van der Waals surface area contributed by atoms with Crippen LogP contribution in [0.3, 0.4) is 0 Å². The van der Waals surface area contributed by atoms with Gasteiger partial charge in [0, 0.05) is 0 Å². The van der Waals surface area contributed by atoms with Crippen LogP contribution in [0.5, 0.6) is 0 Å². The van der Waals surface area contributed by atoms with Gasteiger partial charge in [0.15, 0.2) is 0 Å². The molecule has 10 rings (SSSR count). The molecule has 0 fully saturated rings. The second-order valence-electron chi connectivity index (χ2n) is 12.9. The topological polar surface area (TPSA) is 0 Å². The van der Waals surface area contributed by atoms with Crippen molar-refractivity contribution in [3.63, 3.8) is 0 Å². The van der Waals surface area contributed by atoms with Gasteiger partial charge in [-0.3, -0.25) is 0 Å². The molecular formula is C48H30. The molecule has 0 amide bonds. The third kappa shape index (κ3) is 4.16. The molecule has 0 aliphatic heterocycles. The molecule has 0 saturated heterocycles. The van der Waals surface area contributed by atoms with Crippen molar-refractivity contribution < 1.29 is 0 Å². The minimum Gasteiger partial charge on any atom is -0.0616 e. The van der Waals surface area contributed by atoms with Gasteiger partial charge in [0.05, 0.1) is 0 Å². The van der Waals surface area contributed by atoms with Gasteiger partial charge in [0.1, 0.15) is 0 Å². The summed E-state index contributed by atoms with van der Waals surface area (Å²) in [6.45, 7) is 0. The molecule has 0 atom stereocenters. The van der Waals surface area contributed by atoms with E-state index in [0.717, 1.165) is 0 Å². The third-order valence-corrected chi connectivity index (χ3v) is 10.3. The average Bonchev–Trinajstić information content (AvgIpc) is 3.17. The van der Waals surface area contributed by atoms with Gasteiger partial charge in [-0.15, -0.1) is 0 Å².